The highest BCUT2D eigenvalue weighted by atomic mass is 16.6. The number of esters is 2. The second-order valence-corrected chi connectivity index (χ2v) is 10.9. The predicted octanol–water partition coefficient (Wildman–Crippen LogP) is 4.59. The standard InChI is InChI=1S/C26H38O5/c1-15(14-27)21-8-9-22-20-7-6-18-12-19(30-16(2)28)13-24(31-17(3)29)26(18,5)23(20)10-11-25(21,22)4/h6-7,15,19,21-24,27H,8-14H2,1-5H3/t15-,19+,21+,22-,23-,24-,25+,26-/m0/s1. The minimum absolute atomic E-state index is 0.220. The molecule has 172 valence electrons. The molecule has 0 radical (unpaired) electrons. The molecule has 8 atom stereocenters. The Bertz CT molecular complexity index is 813. The maximum Gasteiger partial charge on any atom is 0.302 e. The maximum atomic E-state index is 12.0. The minimum atomic E-state index is -0.291. The van der Waals surface area contributed by atoms with Crippen molar-refractivity contribution in [2.24, 2.45) is 34.5 Å². The summed E-state index contributed by atoms with van der Waals surface area (Å²) in [7, 11) is 0. The lowest BCUT2D eigenvalue weighted by Gasteiger charge is -2.57. The maximum absolute atomic E-state index is 12.0. The zero-order valence-electron chi connectivity index (χ0n) is 19.6. The van der Waals surface area contributed by atoms with E-state index in [2.05, 4.69) is 32.9 Å². The Hall–Kier alpha value is -1.62. The third-order valence-corrected chi connectivity index (χ3v) is 9.29. The van der Waals surface area contributed by atoms with Crippen LogP contribution in [0.4, 0.5) is 0 Å². The Morgan fingerprint density at radius 2 is 1.81 bits per heavy atom. The van der Waals surface area contributed by atoms with E-state index < -0.39 is 0 Å². The summed E-state index contributed by atoms with van der Waals surface area (Å²) in [6, 6.07) is 0. The second-order valence-electron chi connectivity index (χ2n) is 10.9. The molecule has 0 aliphatic heterocycles. The molecule has 3 saturated carbocycles. The van der Waals surface area contributed by atoms with Gasteiger partial charge in [-0.3, -0.25) is 9.59 Å². The van der Waals surface area contributed by atoms with Crippen molar-refractivity contribution >= 4 is 11.9 Å². The summed E-state index contributed by atoms with van der Waals surface area (Å²) in [5, 5.41) is 9.83. The number of rotatable bonds is 4. The average Bonchev–Trinajstić information content (AvgIpc) is 3.04. The number of hydrogen-bond donors (Lipinski definition) is 1. The molecule has 31 heavy (non-hydrogen) atoms. The number of aliphatic hydroxyl groups is 1. The average molecular weight is 431 g/mol. The van der Waals surface area contributed by atoms with Crippen LogP contribution in [0.1, 0.15) is 73.1 Å². The van der Waals surface area contributed by atoms with Gasteiger partial charge in [-0.2, -0.15) is 0 Å². The van der Waals surface area contributed by atoms with Crippen LogP contribution in [0, 0.1) is 34.5 Å². The molecule has 0 unspecified atom stereocenters. The Balaban J connectivity index is 1.70. The molecule has 0 aromatic carbocycles. The van der Waals surface area contributed by atoms with Crippen molar-refractivity contribution in [1.82, 2.24) is 0 Å². The van der Waals surface area contributed by atoms with Crippen LogP contribution < -0.4 is 0 Å². The number of carbonyl (C=O) groups is 2. The molecule has 0 aromatic rings. The fraction of sp³-hybridized carbons (Fsp3) is 0.769. The van der Waals surface area contributed by atoms with Crippen molar-refractivity contribution in [3.63, 3.8) is 0 Å². The molecule has 1 N–H and O–H groups in total. The van der Waals surface area contributed by atoms with Crippen LogP contribution in [0.15, 0.2) is 23.3 Å². The van der Waals surface area contributed by atoms with E-state index >= 15 is 0 Å². The first-order valence-electron chi connectivity index (χ1n) is 12.0. The summed E-state index contributed by atoms with van der Waals surface area (Å²) in [6.45, 7) is 10.0. The van der Waals surface area contributed by atoms with E-state index in [0.717, 1.165) is 12.8 Å². The molecule has 4 rings (SSSR count). The molecule has 0 heterocycles. The highest BCUT2D eigenvalue weighted by Crippen LogP contribution is 2.66. The van der Waals surface area contributed by atoms with E-state index in [1.807, 2.05) is 0 Å². The number of ether oxygens (including phenoxy) is 2. The van der Waals surface area contributed by atoms with Gasteiger partial charge >= 0.3 is 11.9 Å². The molecule has 0 spiro atoms. The van der Waals surface area contributed by atoms with Crippen molar-refractivity contribution in [3.05, 3.63) is 23.3 Å². The van der Waals surface area contributed by atoms with Gasteiger partial charge in [0.05, 0.1) is 0 Å². The van der Waals surface area contributed by atoms with Gasteiger partial charge in [-0.1, -0.05) is 44.1 Å². The third-order valence-electron chi connectivity index (χ3n) is 9.29. The first kappa shape index (κ1) is 22.6. The van der Waals surface area contributed by atoms with Gasteiger partial charge < -0.3 is 14.6 Å². The van der Waals surface area contributed by atoms with Gasteiger partial charge in [0.25, 0.3) is 0 Å². The number of carbonyl (C=O) groups excluding carboxylic acids is 2. The van der Waals surface area contributed by atoms with Crippen molar-refractivity contribution in [3.8, 4) is 0 Å². The SMILES string of the molecule is CC(=O)O[C@@H]1CC2=CC=C3[C@@H]4CC[C@H]([C@@H](C)CO)[C@@]4(C)CC[C@@H]3[C@@]2(C)[C@@H](OC(C)=O)C1. The fourth-order valence-electron chi connectivity index (χ4n) is 7.80. The van der Waals surface area contributed by atoms with Crippen LogP contribution >= 0.6 is 0 Å². The van der Waals surface area contributed by atoms with Crippen LogP contribution in [0.25, 0.3) is 0 Å². The summed E-state index contributed by atoms with van der Waals surface area (Å²) < 4.78 is 11.5. The molecule has 0 bridgehead atoms. The molecule has 4 aliphatic carbocycles. The highest BCUT2D eigenvalue weighted by molar-refractivity contribution is 5.67. The lowest BCUT2D eigenvalue weighted by Crippen LogP contribution is -2.54. The van der Waals surface area contributed by atoms with E-state index in [-0.39, 0.29) is 41.6 Å². The van der Waals surface area contributed by atoms with Crippen LogP contribution in [-0.2, 0) is 19.1 Å². The number of allylic oxidation sites excluding steroid dienone is 3. The lowest BCUT2D eigenvalue weighted by molar-refractivity contribution is -0.165. The minimum Gasteiger partial charge on any atom is -0.462 e. The Morgan fingerprint density at radius 3 is 2.45 bits per heavy atom. The highest BCUT2D eigenvalue weighted by Gasteiger charge is 2.60. The molecule has 0 saturated heterocycles. The monoisotopic (exact) mass is 430 g/mol. The molecule has 5 nitrogen and oxygen atoms in total. The number of fused-ring (bicyclic) bond motifs is 5. The van der Waals surface area contributed by atoms with Gasteiger partial charge in [-0.25, -0.2) is 0 Å². The number of aliphatic hydroxyl groups excluding tert-OH is 1. The Labute approximate surface area is 186 Å². The van der Waals surface area contributed by atoms with Gasteiger partial charge in [0.15, 0.2) is 0 Å². The molecular weight excluding hydrogens is 392 g/mol. The first-order chi connectivity index (χ1) is 14.6. The quantitative estimate of drug-likeness (QED) is 0.661. The molecule has 4 aliphatic rings. The zero-order chi connectivity index (χ0) is 22.6. The second kappa shape index (κ2) is 8.06. The van der Waals surface area contributed by atoms with Crippen molar-refractivity contribution in [2.75, 3.05) is 6.61 Å². The number of hydrogen-bond acceptors (Lipinski definition) is 5. The zero-order valence-corrected chi connectivity index (χ0v) is 19.6. The molecule has 5 heteroatoms. The van der Waals surface area contributed by atoms with E-state index in [9.17, 15) is 14.7 Å². The van der Waals surface area contributed by atoms with E-state index in [1.54, 1.807) is 0 Å². The van der Waals surface area contributed by atoms with Gasteiger partial charge in [0, 0.05) is 38.7 Å². The molecule has 0 amide bonds. The molecular formula is C26H38O5. The van der Waals surface area contributed by atoms with Gasteiger partial charge in [-0.15, -0.1) is 0 Å². The fourth-order valence-corrected chi connectivity index (χ4v) is 7.80. The predicted molar refractivity (Wildman–Crippen MR) is 118 cm³/mol. The Morgan fingerprint density at radius 1 is 1.10 bits per heavy atom. The largest absolute Gasteiger partial charge is 0.462 e. The summed E-state index contributed by atoms with van der Waals surface area (Å²) in [6.07, 6.45) is 9.83. The lowest BCUT2D eigenvalue weighted by atomic mass is 9.49. The van der Waals surface area contributed by atoms with Gasteiger partial charge in [0.2, 0.25) is 0 Å². The summed E-state index contributed by atoms with van der Waals surface area (Å²) in [5.74, 6) is 1.17. The smallest absolute Gasteiger partial charge is 0.302 e. The van der Waals surface area contributed by atoms with E-state index in [4.69, 9.17) is 9.47 Å². The molecule has 0 aromatic heterocycles. The normalized spacial score (nSPS) is 42.3. The topological polar surface area (TPSA) is 72.8 Å². The van der Waals surface area contributed by atoms with E-state index in [1.165, 1.54) is 37.8 Å². The van der Waals surface area contributed by atoms with E-state index in [0.29, 0.717) is 36.5 Å². The van der Waals surface area contributed by atoms with Crippen molar-refractivity contribution in [2.45, 2.75) is 85.4 Å². The van der Waals surface area contributed by atoms with Crippen molar-refractivity contribution < 1.29 is 24.2 Å². The van der Waals surface area contributed by atoms with Gasteiger partial charge in [0.1, 0.15) is 12.2 Å². The summed E-state index contributed by atoms with van der Waals surface area (Å²) in [4.78, 5) is 23.6. The summed E-state index contributed by atoms with van der Waals surface area (Å²) in [5.41, 5.74) is 2.72. The van der Waals surface area contributed by atoms with Crippen LogP contribution in [0.3, 0.4) is 0 Å². The third kappa shape index (κ3) is 3.57. The van der Waals surface area contributed by atoms with Crippen LogP contribution in [-0.4, -0.2) is 35.9 Å². The van der Waals surface area contributed by atoms with Gasteiger partial charge in [-0.05, 0) is 54.8 Å². The van der Waals surface area contributed by atoms with Crippen molar-refractivity contribution in [1.29, 1.82) is 0 Å². The molecule has 3 fully saturated rings. The summed E-state index contributed by atoms with van der Waals surface area (Å²) >= 11 is 0. The van der Waals surface area contributed by atoms with Crippen LogP contribution in [0.5, 0.6) is 0 Å². The Kier molecular flexibility index (Phi) is 5.87. The first-order valence-corrected chi connectivity index (χ1v) is 12.0. The van der Waals surface area contributed by atoms with Crippen LogP contribution in [0.2, 0.25) is 0 Å².